The molecule has 0 N–H and O–H groups in total. The van der Waals surface area contributed by atoms with E-state index in [0.717, 1.165) is 43.1 Å². The molecule has 0 spiro atoms. The largest absolute Gasteiger partial charge is 0.497 e. The summed E-state index contributed by atoms with van der Waals surface area (Å²) in [5.74, 6) is 1.43. The Kier molecular flexibility index (Phi) is 7.10. The van der Waals surface area contributed by atoms with E-state index in [1.807, 2.05) is 30.3 Å². The van der Waals surface area contributed by atoms with Gasteiger partial charge in [0.1, 0.15) is 5.75 Å². The van der Waals surface area contributed by atoms with Crippen LogP contribution >= 0.6 is 0 Å². The van der Waals surface area contributed by atoms with E-state index < -0.39 is 0 Å². The lowest BCUT2D eigenvalue weighted by Crippen LogP contribution is -2.28. The van der Waals surface area contributed by atoms with Gasteiger partial charge in [-0.3, -0.25) is 4.90 Å². The highest BCUT2D eigenvalue weighted by Crippen LogP contribution is 2.18. The predicted molar refractivity (Wildman–Crippen MR) is 117 cm³/mol. The molecule has 3 rings (SSSR count). The Labute approximate surface area is 174 Å². The van der Waals surface area contributed by atoms with Crippen LogP contribution in [-0.2, 0) is 19.6 Å². The first kappa shape index (κ1) is 20.7. The van der Waals surface area contributed by atoms with Crippen molar-refractivity contribution in [2.45, 2.75) is 33.5 Å². The lowest BCUT2D eigenvalue weighted by Gasteiger charge is -2.25. The van der Waals surface area contributed by atoms with E-state index in [-0.39, 0.29) is 0 Å². The maximum Gasteiger partial charge on any atom is 0.119 e. The monoisotopic (exact) mass is 387 g/mol. The summed E-state index contributed by atoms with van der Waals surface area (Å²) < 4.78 is 7.65. The molecule has 150 valence electrons. The molecule has 0 bridgehead atoms. The Hall–Kier alpha value is -3.03. The third kappa shape index (κ3) is 5.73. The van der Waals surface area contributed by atoms with Crippen LogP contribution in [0, 0.1) is 17.2 Å². The van der Waals surface area contributed by atoms with Gasteiger partial charge in [0.05, 0.1) is 18.7 Å². The highest BCUT2D eigenvalue weighted by Gasteiger charge is 2.14. The van der Waals surface area contributed by atoms with E-state index in [2.05, 4.69) is 65.9 Å². The van der Waals surface area contributed by atoms with Gasteiger partial charge in [-0.2, -0.15) is 5.26 Å². The van der Waals surface area contributed by atoms with Gasteiger partial charge in [0.25, 0.3) is 0 Å². The molecule has 0 radical (unpaired) electrons. The number of benzene rings is 2. The maximum atomic E-state index is 9.44. The zero-order chi connectivity index (χ0) is 20.6. The minimum atomic E-state index is 0.547. The van der Waals surface area contributed by atoms with E-state index in [9.17, 15) is 5.26 Å². The number of aromatic nitrogens is 1. The van der Waals surface area contributed by atoms with Gasteiger partial charge in [-0.25, -0.2) is 0 Å². The van der Waals surface area contributed by atoms with Crippen molar-refractivity contribution < 1.29 is 4.74 Å². The molecule has 0 amide bonds. The fourth-order valence-electron chi connectivity index (χ4n) is 3.65. The summed E-state index contributed by atoms with van der Waals surface area (Å²) in [5.41, 5.74) is 4.32. The Morgan fingerprint density at radius 3 is 2.62 bits per heavy atom. The lowest BCUT2D eigenvalue weighted by molar-refractivity contribution is 0.222. The molecule has 3 aromatic rings. The molecule has 0 aliphatic heterocycles. The van der Waals surface area contributed by atoms with Crippen molar-refractivity contribution in [1.82, 2.24) is 9.47 Å². The first-order valence-electron chi connectivity index (χ1n) is 10.1. The van der Waals surface area contributed by atoms with Gasteiger partial charge >= 0.3 is 0 Å². The van der Waals surface area contributed by atoms with Crippen molar-refractivity contribution in [3.63, 3.8) is 0 Å². The molecule has 4 nitrogen and oxygen atoms in total. The van der Waals surface area contributed by atoms with E-state index in [1.54, 1.807) is 7.11 Å². The highest BCUT2D eigenvalue weighted by atomic mass is 16.5. The van der Waals surface area contributed by atoms with Crippen molar-refractivity contribution >= 4 is 0 Å². The first-order chi connectivity index (χ1) is 14.1. The van der Waals surface area contributed by atoms with Gasteiger partial charge in [0.15, 0.2) is 0 Å². The number of rotatable bonds is 9. The molecule has 0 fully saturated rings. The summed E-state index contributed by atoms with van der Waals surface area (Å²) in [6, 6.07) is 22.7. The number of hydrogen-bond donors (Lipinski definition) is 0. The van der Waals surface area contributed by atoms with E-state index in [0.29, 0.717) is 5.92 Å². The van der Waals surface area contributed by atoms with E-state index in [1.165, 1.54) is 11.3 Å². The van der Waals surface area contributed by atoms with Gasteiger partial charge < -0.3 is 9.30 Å². The summed E-state index contributed by atoms with van der Waals surface area (Å²) in [7, 11) is 1.70. The molecule has 0 saturated heterocycles. The number of nitriles is 1. The predicted octanol–water partition coefficient (Wildman–Crippen LogP) is 5.07. The van der Waals surface area contributed by atoms with Crippen LogP contribution in [0.3, 0.4) is 0 Å². The quantitative estimate of drug-likeness (QED) is 0.514. The average molecular weight is 388 g/mol. The van der Waals surface area contributed by atoms with Crippen molar-refractivity contribution in [2.24, 2.45) is 5.92 Å². The Morgan fingerprint density at radius 2 is 1.86 bits per heavy atom. The summed E-state index contributed by atoms with van der Waals surface area (Å²) in [5, 5.41) is 9.44. The zero-order valence-corrected chi connectivity index (χ0v) is 17.5. The number of nitrogens with zero attached hydrogens (tertiary/aromatic N) is 3. The smallest absolute Gasteiger partial charge is 0.119 e. The second-order valence-corrected chi connectivity index (χ2v) is 7.81. The second-order valence-electron chi connectivity index (χ2n) is 7.81. The van der Waals surface area contributed by atoms with Crippen LogP contribution in [0.25, 0.3) is 0 Å². The fourth-order valence-corrected chi connectivity index (χ4v) is 3.65. The Bertz CT molecular complexity index is 968. The molecule has 1 heterocycles. The van der Waals surface area contributed by atoms with Crippen molar-refractivity contribution in [3.05, 3.63) is 89.2 Å². The molecule has 0 aliphatic carbocycles. The molecule has 2 aromatic carbocycles. The third-order valence-electron chi connectivity index (χ3n) is 4.95. The molecule has 0 aliphatic rings. The number of hydrogen-bond acceptors (Lipinski definition) is 3. The van der Waals surface area contributed by atoms with Crippen LogP contribution in [0.1, 0.15) is 36.2 Å². The number of ether oxygens (including phenoxy) is 1. The molecule has 4 heteroatoms. The highest BCUT2D eigenvalue weighted by molar-refractivity contribution is 5.37. The summed E-state index contributed by atoms with van der Waals surface area (Å²) in [6.07, 6.45) is 2.13. The number of methoxy groups -OCH3 is 1. The van der Waals surface area contributed by atoms with Gasteiger partial charge in [-0.15, -0.1) is 0 Å². The van der Waals surface area contributed by atoms with Crippen molar-refractivity contribution in [2.75, 3.05) is 13.7 Å². The van der Waals surface area contributed by atoms with E-state index in [4.69, 9.17) is 4.74 Å². The van der Waals surface area contributed by atoms with Gasteiger partial charge in [-0.05, 0) is 47.4 Å². The van der Waals surface area contributed by atoms with Crippen LogP contribution in [0.5, 0.6) is 5.75 Å². The fraction of sp³-hybridized carbons (Fsp3) is 0.320. The molecular weight excluding hydrogens is 358 g/mol. The van der Waals surface area contributed by atoms with Crippen LogP contribution in [0.4, 0.5) is 0 Å². The van der Waals surface area contributed by atoms with Gasteiger partial charge in [0, 0.05) is 38.1 Å². The molecule has 1 aromatic heterocycles. The average Bonchev–Trinajstić information content (AvgIpc) is 3.14. The van der Waals surface area contributed by atoms with E-state index >= 15 is 0 Å². The lowest BCUT2D eigenvalue weighted by atomic mass is 10.1. The summed E-state index contributed by atoms with van der Waals surface area (Å²) in [6.45, 7) is 7.87. The van der Waals surface area contributed by atoms with Crippen molar-refractivity contribution in [3.8, 4) is 11.8 Å². The zero-order valence-electron chi connectivity index (χ0n) is 17.5. The van der Waals surface area contributed by atoms with Crippen LogP contribution in [0.2, 0.25) is 0 Å². The Morgan fingerprint density at radius 1 is 1.03 bits per heavy atom. The van der Waals surface area contributed by atoms with Crippen LogP contribution in [0.15, 0.2) is 66.9 Å². The third-order valence-corrected chi connectivity index (χ3v) is 4.95. The molecule has 0 unspecified atom stereocenters. The standard InChI is InChI=1S/C25H29N3O/c1-20(2)16-27(18-23-10-5-4-9-22(23)15-26)19-24-11-7-13-28(24)17-21-8-6-12-25(14-21)29-3/h4-14,20H,16-19H2,1-3H3. The molecule has 0 saturated carbocycles. The van der Waals surface area contributed by atoms with Gasteiger partial charge in [0.2, 0.25) is 0 Å². The summed E-state index contributed by atoms with van der Waals surface area (Å²) >= 11 is 0. The molecular formula is C25H29N3O. The van der Waals surface area contributed by atoms with Crippen molar-refractivity contribution in [1.29, 1.82) is 5.26 Å². The van der Waals surface area contributed by atoms with Gasteiger partial charge in [-0.1, -0.05) is 44.2 Å². The first-order valence-corrected chi connectivity index (χ1v) is 10.1. The SMILES string of the molecule is COc1cccc(Cn2cccc2CN(Cc2ccccc2C#N)CC(C)C)c1. The molecule has 0 atom stereocenters. The molecule has 29 heavy (non-hydrogen) atoms. The topological polar surface area (TPSA) is 41.2 Å². The minimum absolute atomic E-state index is 0.547. The van der Waals surface area contributed by atoms with Crippen LogP contribution < -0.4 is 4.74 Å². The maximum absolute atomic E-state index is 9.44. The summed E-state index contributed by atoms with van der Waals surface area (Å²) in [4.78, 5) is 2.43. The normalized spacial score (nSPS) is 11.0. The van der Waals surface area contributed by atoms with Crippen LogP contribution in [-0.4, -0.2) is 23.1 Å². The minimum Gasteiger partial charge on any atom is -0.497 e. The Balaban J connectivity index is 1.78. The second kappa shape index (κ2) is 9.95.